The molecule has 1 aromatic carbocycles. The van der Waals surface area contributed by atoms with Gasteiger partial charge in [0, 0.05) is 29.3 Å². The van der Waals surface area contributed by atoms with Crippen molar-refractivity contribution >= 4 is 17.0 Å². The third kappa shape index (κ3) is 2.90. The van der Waals surface area contributed by atoms with Crippen molar-refractivity contribution < 1.29 is 0 Å². The van der Waals surface area contributed by atoms with Gasteiger partial charge in [-0.2, -0.15) is 5.10 Å². The number of aromatic amines is 1. The molecule has 6 heteroatoms. The Morgan fingerprint density at radius 3 is 2.81 bits per heavy atom. The van der Waals surface area contributed by atoms with Crippen LogP contribution in [-0.2, 0) is 0 Å². The summed E-state index contributed by atoms with van der Waals surface area (Å²) in [5.74, 6) is 1.44. The van der Waals surface area contributed by atoms with Crippen LogP contribution in [0.25, 0.3) is 33.5 Å². The van der Waals surface area contributed by atoms with Gasteiger partial charge in [-0.1, -0.05) is 30.3 Å². The quantitative estimate of drug-likeness (QED) is 0.575. The Hall–Kier alpha value is -3.28. The molecule has 0 atom stereocenters. The Morgan fingerprint density at radius 1 is 1.08 bits per heavy atom. The van der Waals surface area contributed by atoms with Gasteiger partial charge in [-0.25, -0.2) is 15.0 Å². The number of hydrogen-bond donors (Lipinski definition) is 2. The van der Waals surface area contributed by atoms with Crippen LogP contribution in [0.5, 0.6) is 0 Å². The normalized spacial score (nSPS) is 13.8. The molecular weight excluding hydrogens is 324 g/mol. The van der Waals surface area contributed by atoms with E-state index >= 15 is 0 Å². The third-order valence-electron chi connectivity index (χ3n) is 4.65. The number of rotatable bonds is 5. The second kappa shape index (κ2) is 6.22. The highest BCUT2D eigenvalue weighted by molar-refractivity contribution is 5.89. The lowest BCUT2D eigenvalue weighted by atomic mass is 10.0. The number of benzene rings is 1. The summed E-state index contributed by atoms with van der Waals surface area (Å²) < 4.78 is 0. The molecule has 1 aliphatic rings. The smallest absolute Gasteiger partial charge is 0.223 e. The lowest BCUT2D eigenvalue weighted by molar-refractivity contribution is 0.874. The predicted octanol–water partition coefficient (Wildman–Crippen LogP) is 3.90. The predicted molar refractivity (Wildman–Crippen MR) is 102 cm³/mol. The van der Waals surface area contributed by atoms with Crippen LogP contribution in [-0.4, -0.2) is 31.7 Å². The monoisotopic (exact) mass is 342 g/mol. The average molecular weight is 342 g/mol. The van der Waals surface area contributed by atoms with Gasteiger partial charge in [-0.3, -0.25) is 5.10 Å². The molecule has 0 unspecified atom stereocenters. The standard InChI is InChI=1S/C20H18N6/c1-2-4-14(5-3-1)18-16(10-15-12-23-26-19(15)25-18)17-8-9-21-20(24-17)22-11-13-6-7-13/h1-5,8-10,12-13H,6-7,11H2,(H,21,22,24)(H,23,25,26). The largest absolute Gasteiger partial charge is 0.354 e. The van der Waals surface area contributed by atoms with E-state index in [9.17, 15) is 0 Å². The van der Waals surface area contributed by atoms with E-state index in [1.807, 2.05) is 24.3 Å². The van der Waals surface area contributed by atoms with E-state index < -0.39 is 0 Å². The second-order valence-corrected chi connectivity index (χ2v) is 6.65. The number of anilines is 1. The van der Waals surface area contributed by atoms with Crippen LogP contribution in [0, 0.1) is 5.92 Å². The van der Waals surface area contributed by atoms with Crippen molar-refractivity contribution in [3.8, 4) is 22.5 Å². The summed E-state index contributed by atoms with van der Waals surface area (Å²) >= 11 is 0. The summed E-state index contributed by atoms with van der Waals surface area (Å²) in [6, 6.07) is 14.2. The van der Waals surface area contributed by atoms with Gasteiger partial charge in [0.1, 0.15) is 0 Å². The summed E-state index contributed by atoms with van der Waals surface area (Å²) in [4.78, 5) is 13.9. The number of aromatic nitrogens is 5. The van der Waals surface area contributed by atoms with Crippen molar-refractivity contribution in [1.82, 2.24) is 25.1 Å². The van der Waals surface area contributed by atoms with Gasteiger partial charge in [0.25, 0.3) is 0 Å². The number of fused-ring (bicyclic) bond motifs is 1. The molecule has 3 aromatic heterocycles. The van der Waals surface area contributed by atoms with Gasteiger partial charge < -0.3 is 5.32 Å². The molecule has 0 spiro atoms. The van der Waals surface area contributed by atoms with E-state index in [0.717, 1.165) is 46.0 Å². The van der Waals surface area contributed by atoms with E-state index in [4.69, 9.17) is 9.97 Å². The fourth-order valence-electron chi connectivity index (χ4n) is 3.04. The Labute approximate surface area is 150 Å². The van der Waals surface area contributed by atoms with E-state index in [1.165, 1.54) is 12.8 Å². The Balaban J connectivity index is 1.61. The number of H-pyrrole nitrogens is 1. The molecular formula is C20H18N6. The maximum absolute atomic E-state index is 4.80. The van der Waals surface area contributed by atoms with Crippen LogP contribution in [0.1, 0.15) is 12.8 Å². The summed E-state index contributed by atoms with van der Waals surface area (Å²) in [6.45, 7) is 0.939. The summed E-state index contributed by atoms with van der Waals surface area (Å²) in [7, 11) is 0. The zero-order chi connectivity index (χ0) is 17.3. The lowest BCUT2D eigenvalue weighted by Crippen LogP contribution is -2.07. The minimum absolute atomic E-state index is 0.667. The summed E-state index contributed by atoms with van der Waals surface area (Å²) in [6.07, 6.45) is 6.18. The molecule has 4 aromatic rings. The van der Waals surface area contributed by atoms with Crippen molar-refractivity contribution in [2.45, 2.75) is 12.8 Å². The van der Waals surface area contributed by atoms with Crippen LogP contribution >= 0.6 is 0 Å². The van der Waals surface area contributed by atoms with Gasteiger partial charge in [-0.05, 0) is 30.9 Å². The van der Waals surface area contributed by atoms with Crippen molar-refractivity contribution in [2.75, 3.05) is 11.9 Å². The van der Waals surface area contributed by atoms with E-state index in [-0.39, 0.29) is 0 Å². The van der Waals surface area contributed by atoms with Crippen LogP contribution in [0.4, 0.5) is 5.95 Å². The van der Waals surface area contributed by atoms with E-state index in [0.29, 0.717) is 5.95 Å². The number of nitrogens with one attached hydrogen (secondary N) is 2. The maximum atomic E-state index is 4.80. The molecule has 0 radical (unpaired) electrons. The lowest BCUT2D eigenvalue weighted by Gasteiger charge is -2.10. The minimum Gasteiger partial charge on any atom is -0.354 e. The summed E-state index contributed by atoms with van der Waals surface area (Å²) in [5, 5.41) is 11.4. The Morgan fingerprint density at radius 2 is 1.96 bits per heavy atom. The second-order valence-electron chi connectivity index (χ2n) is 6.65. The topological polar surface area (TPSA) is 79.4 Å². The third-order valence-corrected chi connectivity index (χ3v) is 4.65. The Kier molecular flexibility index (Phi) is 3.59. The van der Waals surface area contributed by atoms with Crippen LogP contribution in [0.15, 0.2) is 54.9 Å². The fourth-order valence-corrected chi connectivity index (χ4v) is 3.04. The van der Waals surface area contributed by atoms with E-state index in [1.54, 1.807) is 12.4 Å². The highest BCUT2D eigenvalue weighted by Crippen LogP contribution is 2.32. The first-order valence-electron chi connectivity index (χ1n) is 8.84. The fraction of sp³-hybridized carbons (Fsp3) is 0.200. The Bertz CT molecular complexity index is 1050. The minimum atomic E-state index is 0.667. The molecule has 1 fully saturated rings. The molecule has 0 aliphatic heterocycles. The first-order chi connectivity index (χ1) is 12.9. The number of nitrogens with zero attached hydrogens (tertiary/aromatic N) is 4. The van der Waals surface area contributed by atoms with Gasteiger partial charge in [0.05, 0.1) is 17.6 Å². The molecule has 0 saturated heterocycles. The molecule has 2 N–H and O–H groups in total. The SMILES string of the molecule is c1ccc(-c2nc3[nH]ncc3cc2-c2ccnc(NCC3CC3)n2)cc1. The molecule has 1 saturated carbocycles. The summed E-state index contributed by atoms with van der Waals surface area (Å²) in [5.41, 5.74) is 4.53. The van der Waals surface area contributed by atoms with Crippen molar-refractivity contribution in [1.29, 1.82) is 0 Å². The number of pyridine rings is 1. The van der Waals surface area contributed by atoms with Crippen LogP contribution < -0.4 is 5.32 Å². The molecule has 5 rings (SSSR count). The zero-order valence-electron chi connectivity index (χ0n) is 14.2. The van der Waals surface area contributed by atoms with Gasteiger partial charge in [-0.15, -0.1) is 0 Å². The maximum Gasteiger partial charge on any atom is 0.223 e. The molecule has 0 amide bonds. The first kappa shape index (κ1) is 15.0. The van der Waals surface area contributed by atoms with Gasteiger partial charge in [0.15, 0.2) is 5.65 Å². The van der Waals surface area contributed by atoms with Gasteiger partial charge in [0.2, 0.25) is 5.95 Å². The molecule has 6 nitrogen and oxygen atoms in total. The van der Waals surface area contributed by atoms with Crippen LogP contribution in [0.2, 0.25) is 0 Å². The average Bonchev–Trinajstić information content (AvgIpc) is 3.42. The molecule has 128 valence electrons. The first-order valence-corrected chi connectivity index (χ1v) is 8.84. The molecule has 0 bridgehead atoms. The van der Waals surface area contributed by atoms with Crippen molar-refractivity contribution in [2.24, 2.45) is 5.92 Å². The number of hydrogen-bond acceptors (Lipinski definition) is 5. The highest BCUT2D eigenvalue weighted by atomic mass is 15.1. The highest BCUT2D eigenvalue weighted by Gasteiger charge is 2.21. The van der Waals surface area contributed by atoms with Gasteiger partial charge >= 0.3 is 0 Å². The molecule has 1 aliphatic carbocycles. The van der Waals surface area contributed by atoms with Crippen molar-refractivity contribution in [3.05, 3.63) is 54.9 Å². The van der Waals surface area contributed by atoms with Crippen molar-refractivity contribution in [3.63, 3.8) is 0 Å². The zero-order valence-corrected chi connectivity index (χ0v) is 14.2. The van der Waals surface area contributed by atoms with Crippen LogP contribution in [0.3, 0.4) is 0 Å². The molecule has 26 heavy (non-hydrogen) atoms. The molecule has 3 heterocycles. The van der Waals surface area contributed by atoms with E-state index in [2.05, 4.69) is 38.7 Å².